The van der Waals surface area contributed by atoms with E-state index in [1.807, 2.05) is 43.0 Å². The minimum atomic E-state index is -0.738. The van der Waals surface area contributed by atoms with Gasteiger partial charge in [-0.1, -0.05) is 0 Å². The van der Waals surface area contributed by atoms with Crippen LogP contribution in [0.4, 0.5) is 15.3 Å². The Hall–Kier alpha value is -3.30. The van der Waals surface area contributed by atoms with E-state index in [2.05, 4.69) is 19.9 Å². The van der Waals surface area contributed by atoms with Gasteiger partial charge in [-0.25, -0.2) is 9.59 Å². The minimum Gasteiger partial charge on any atom is -0.463 e. The Kier molecular flexibility index (Phi) is 8.72. The number of hydrogen-bond donors (Lipinski definition) is 2. The SMILES string of the molecule is COC(=O)N=C(N)c1ccc(N2CCN(C(=O)NC3CCC(C(=O)OC(C)C)CC3)CC2)cc1. The molecule has 10 heteroatoms. The molecule has 34 heavy (non-hydrogen) atoms. The van der Waals surface area contributed by atoms with Crippen LogP contribution in [0, 0.1) is 5.92 Å². The molecular formula is C24H35N5O5. The topological polar surface area (TPSA) is 127 Å². The van der Waals surface area contributed by atoms with Crippen molar-refractivity contribution in [2.45, 2.75) is 51.7 Å². The standard InChI is InChI=1S/C24H35N5O5/c1-16(2)34-22(30)18-4-8-19(9-5-18)26-23(31)29-14-12-28(13-15-29)20-10-6-17(7-11-20)21(25)27-24(32)33-3/h6-7,10-11,16,18-19H,4-5,8-9,12-15H2,1-3H3,(H,26,31)(H2,25,27,32). The molecule has 0 aromatic heterocycles. The molecule has 1 aromatic carbocycles. The molecule has 0 spiro atoms. The van der Waals surface area contributed by atoms with E-state index in [0.29, 0.717) is 31.7 Å². The first-order valence-corrected chi connectivity index (χ1v) is 11.8. The third-order valence-electron chi connectivity index (χ3n) is 6.22. The summed E-state index contributed by atoms with van der Waals surface area (Å²) in [6.45, 7) is 6.39. The van der Waals surface area contributed by atoms with Crippen LogP contribution in [0.1, 0.15) is 45.1 Å². The van der Waals surface area contributed by atoms with Crippen molar-refractivity contribution in [2.75, 3.05) is 38.2 Å². The number of methoxy groups -OCH3 is 1. The summed E-state index contributed by atoms with van der Waals surface area (Å²) in [5.41, 5.74) is 7.48. The molecule has 0 atom stereocenters. The first-order valence-electron chi connectivity index (χ1n) is 11.8. The highest BCUT2D eigenvalue weighted by molar-refractivity contribution is 6.02. The number of nitrogens with one attached hydrogen (secondary N) is 1. The zero-order valence-electron chi connectivity index (χ0n) is 20.2. The Labute approximate surface area is 200 Å². The largest absolute Gasteiger partial charge is 0.463 e. The number of anilines is 1. The number of benzene rings is 1. The van der Waals surface area contributed by atoms with E-state index in [1.54, 1.807) is 0 Å². The van der Waals surface area contributed by atoms with E-state index >= 15 is 0 Å². The van der Waals surface area contributed by atoms with Crippen molar-refractivity contribution in [1.82, 2.24) is 10.2 Å². The van der Waals surface area contributed by atoms with Gasteiger partial charge in [-0.2, -0.15) is 4.99 Å². The maximum atomic E-state index is 12.7. The number of aliphatic imine (C=N–C) groups is 1. The van der Waals surface area contributed by atoms with Gasteiger partial charge in [0.25, 0.3) is 0 Å². The van der Waals surface area contributed by atoms with Crippen molar-refractivity contribution in [3.05, 3.63) is 29.8 Å². The molecule has 0 bridgehead atoms. The molecule has 0 unspecified atom stereocenters. The van der Waals surface area contributed by atoms with Crippen LogP contribution in [0.3, 0.4) is 0 Å². The number of hydrogen-bond acceptors (Lipinski definition) is 6. The van der Waals surface area contributed by atoms with Crippen molar-refractivity contribution in [3.63, 3.8) is 0 Å². The number of urea groups is 1. The van der Waals surface area contributed by atoms with Gasteiger partial charge in [0, 0.05) is 43.5 Å². The molecule has 1 saturated carbocycles. The summed E-state index contributed by atoms with van der Waals surface area (Å²) in [6.07, 6.45) is 2.23. The van der Waals surface area contributed by atoms with Crippen molar-refractivity contribution in [2.24, 2.45) is 16.6 Å². The average Bonchev–Trinajstić information content (AvgIpc) is 2.84. The molecule has 1 aromatic rings. The van der Waals surface area contributed by atoms with Crippen LogP contribution in [0.5, 0.6) is 0 Å². The maximum absolute atomic E-state index is 12.7. The monoisotopic (exact) mass is 473 g/mol. The number of carbonyl (C=O) groups is 3. The second-order valence-electron chi connectivity index (χ2n) is 8.97. The van der Waals surface area contributed by atoms with Gasteiger partial charge < -0.3 is 30.3 Å². The van der Waals surface area contributed by atoms with Crippen LogP contribution in [-0.4, -0.2) is 74.3 Å². The fourth-order valence-corrected chi connectivity index (χ4v) is 4.29. The highest BCUT2D eigenvalue weighted by Gasteiger charge is 2.30. The number of esters is 1. The van der Waals surface area contributed by atoms with Gasteiger partial charge in [0.05, 0.1) is 19.1 Å². The van der Waals surface area contributed by atoms with E-state index in [1.165, 1.54) is 7.11 Å². The molecule has 3 N–H and O–H groups in total. The van der Waals surface area contributed by atoms with Gasteiger partial charge >= 0.3 is 18.1 Å². The summed E-state index contributed by atoms with van der Waals surface area (Å²) in [6, 6.07) is 7.52. The van der Waals surface area contributed by atoms with E-state index in [9.17, 15) is 14.4 Å². The maximum Gasteiger partial charge on any atom is 0.435 e. The van der Waals surface area contributed by atoms with Gasteiger partial charge in [-0.05, 0) is 63.8 Å². The molecule has 0 radical (unpaired) electrons. The Balaban J connectivity index is 1.43. The predicted molar refractivity (Wildman–Crippen MR) is 129 cm³/mol. The second kappa shape index (κ2) is 11.7. The van der Waals surface area contributed by atoms with Crippen LogP contribution >= 0.6 is 0 Å². The third kappa shape index (κ3) is 6.85. The van der Waals surface area contributed by atoms with E-state index in [0.717, 1.165) is 31.4 Å². The highest BCUT2D eigenvalue weighted by Crippen LogP contribution is 2.26. The highest BCUT2D eigenvalue weighted by atomic mass is 16.5. The first kappa shape index (κ1) is 25.3. The normalized spacial score (nSPS) is 21.2. The Morgan fingerprint density at radius 2 is 1.65 bits per heavy atom. The Morgan fingerprint density at radius 1 is 1.03 bits per heavy atom. The number of nitrogens with two attached hydrogens (primary N) is 1. The van der Waals surface area contributed by atoms with Gasteiger partial charge in [0.15, 0.2) is 0 Å². The molecule has 1 heterocycles. The van der Waals surface area contributed by atoms with Gasteiger partial charge in [0.2, 0.25) is 0 Å². The molecular weight excluding hydrogens is 438 g/mol. The third-order valence-corrected chi connectivity index (χ3v) is 6.22. The lowest BCUT2D eigenvalue weighted by molar-refractivity contribution is -0.153. The number of rotatable bonds is 5. The number of carbonyl (C=O) groups excluding carboxylic acids is 3. The van der Waals surface area contributed by atoms with Gasteiger partial charge in [-0.3, -0.25) is 4.79 Å². The Bertz CT molecular complexity index is 886. The lowest BCUT2D eigenvalue weighted by Gasteiger charge is -2.37. The van der Waals surface area contributed by atoms with Crippen molar-refractivity contribution < 1.29 is 23.9 Å². The lowest BCUT2D eigenvalue weighted by atomic mass is 9.86. The zero-order valence-corrected chi connectivity index (χ0v) is 20.2. The average molecular weight is 474 g/mol. The van der Waals surface area contributed by atoms with Crippen LogP contribution in [0.15, 0.2) is 29.3 Å². The quantitative estimate of drug-likeness (QED) is 0.382. The summed E-state index contributed by atoms with van der Waals surface area (Å²) in [5.74, 6) is -0.0827. The number of amidine groups is 1. The summed E-state index contributed by atoms with van der Waals surface area (Å²) in [5, 5.41) is 3.14. The molecule has 3 rings (SSSR count). The van der Waals surface area contributed by atoms with E-state index < -0.39 is 6.09 Å². The number of ether oxygens (including phenoxy) is 2. The van der Waals surface area contributed by atoms with E-state index in [4.69, 9.17) is 10.5 Å². The van der Waals surface area contributed by atoms with Crippen LogP contribution < -0.4 is 16.0 Å². The molecule has 1 aliphatic carbocycles. The summed E-state index contributed by atoms with van der Waals surface area (Å²) in [4.78, 5) is 43.8. The smallest absolute Gasteiger partial charge is 0.435 e. The number of nitrogens with zero attached hydrogens (tertiary/aromatic N) is 3. The molecule has 1 saturated heterocycles. The minimum absolute atomic E-state index is 0.0463. The number of amides is 3. The summed E-state index contributed by atoms with van der Waals surface area (Å²) in [7, 11) is 1.25. The zero-order chi connectivity index (χ0) is 24.7. The molecule has 1 aliphatic heterocycles. The van der Waals surface area contributed by atoms with E-state index in [-0.39, 0.29) is 35.9 Å². The molecule has 10 nitrogen and oxygen atoms in total. The second-order valence-corrected chi connectivity index (χ2v) is 8.97. The summed E-state index contributed by atoms with van der Waals surface area (Å²) >= 11 is 0. The van der Waals surface area contributed by atoms with Crippen LogP contribution in [0.25, 0.3) is 0 Å². The van der Waals surface area contributed by atoms with Crippen molar-refractivity contribution >= 4 is 29.6 Å². The predicted octanol–water partition coefficient (Wildman–Crippen LogP) is 2.50. The van der Waals surface area contributed by atoms with Crippen molar-refractivity contribution in [3.8, 4) is 0 Å². The molecule has 2 fully saturated rings. The van der Waals surface area contributed by atoms with Crippen LogP contribution in [-0.2, 0) is 14.3 Å². The van der Waals surface area contributed by atoms with Crippen LogP contribution in [0.2, 0.25) is 0 Å². The molecule has 186 valence electrons. The Morgan fingerprint density at radius 3 is 2.21 bits per heavy atom. The van der Waals surface area contributed by atoms with Gasteiger partial charge in [0.1, 0.15) is 5.84 Å². The fourth-order valence-electron chi connectivity index (χ4n) is 4.29. The summed E-state index contributed by atoms with van der Waals surface area (Å²) < 4.78 is 9.81. The molecule has 2 aliphatic rings. The number of piperazine rings is 1. The van der Waals surface area contributed by atoms with Crippen molar-refractivity contribution in [1.29, 1.82) is 0 Å². The molecule has 3 amide bonds. The fraction of sp³-hybridized carbons (Fsp3) is 0.583. The lowest BCUT2D eigenvalue weighted by Crippen LogP contribution is -2.54. The first-order chi connectivity index (χ1) is 16.3. The van der Waals surface area contributed by atoms with Gasteiger partial charge in [-0.15, -0.1) is 0 Å².